The van der Waals surface area contributed by atoms with E-state index in [-0.39, 0.29) is 12.3 Å². The number of aliphatic carboxylic acids is 1. The van der Waals surface area contributed by atoms with Gasteiger partial charge in [-0.1, -0.05) is 13.0 Å². The summed E-state index contributed by atoms with van der Waals surface area (Å²) in [5, 5.41) is 12.3. The first-order valence-electron chi connectivity index (χ1n) is 6.72. The zero-order chi connectivity index (χ0) is 15.4. The van der Waals surface area contributed by atoms with Crippen LogP contribution in [0.5, 0.6) is 5.75 Å². The molecule has 1 aromatic carbocycles. The van der Waals surface area contributed by atoms with Crippen molar-refractivity contribution < 1.29 is 19.4 Å². The maximum absolute atomic E-state index is 12.0. The van der Waals surface area contributed by atoms with Crippen LogP contribution in [0.2, 0.25) is 0 Å². The van der Waals surface area contributed by atoms with Crippen molar-refractivity contribution in [2.75, 3.05) is 7.11 Å². The quantitative estimate of drug-likeness (QED) is 0.755. The molecule has 6 nitrogen and oxygen atoms in total. The zero-order valence-corrected chi connectivity index (χ0v) is 12.0. The molecule has 2 rings (SSSR count). The lowest BCUT2D eigenvalue weighted by Gasteiger charge is -2.12. The van der Waals surface area contributed by atoms with Crippen molar-refractivity contribution >= 4 is 22.8 Å². The van der Waals surface area contributed by atoms with Gasteiger partial charge in [-0.2, -0.15) is 0 Å². The van der Waals surface area contributed by atoms with Gasteiger partial charge >= 0.3 is 5.97 Å². The number of fused-ring (bicyclic) bond motifs is 1. The highest BCUT2D eigenvalue weighted by Gasteiger charge is 2.19. The third-order valence-corrected chi connectivity index (χ3v) is 3.36. The molecular formula is C15H18N2O4. The second-order valence-electron chi connectivity index (χ2n) is 4.74. The molecule has 1 heterocycles. The molecule has 1 unspecified atom stereocenters. The molecule has 112 valence electrons. The monoisotopic (exact) mass is 290 g/mol. The van der Waals surface area contributed by atoms with Gasteiger partial charge in [-0.3, -0.25) is 4.79 Å². The Morgan fingerprint density at radius 1 is 1.43 bits per heavy atom. The minimum absolute atomic E-state index is 0.101. The van der Waals surface area contributed by atoms with E-state index in [2.05, 4.69) is 10.3 Å². The van der Waals surface area contributed by atoms with Crippen molar-refractivity contribution in [1.29, 1.82) is 0 Å². The van der Waals surface area contributed by atoms with E-state index in [9.17, 15) is 9.59 Å². The van der Waals surface area contributed by atoms with Crippen LogP contribution in [0.4, 0.5) is 0 Å². The third-order valence-electron chi connectivity index (χ3n) is 3.36. The first-order valence-corrected chi connectivity index (χ1v) is 6.72. The average Bonchev–Trinajstić information content (AvgIpc) is 2.87. The molecule has 2 aromatic rings. The van der Waals surface area contributed by atoms with E-state index in [4.69, 9.17) is 9.84 Å². The molecule has 0 saturated heterocycles. The molecule has 1 aromatic heterocycles. The third kappa shape index (κ3) is 3.16. The molecule has 0 spiro atoms. The van der Waals surface area contributed by atoms with E-state index in [0.717, 1.165) is 16.5 Å². The lowest BCUT2D eigenvalue weighted by molar-refractivity contribution is -0.141. The molecule has 6 heteroatoms. The van der Waals surface area contributed by atoms with Gasteiger partial charge < -0.3 is 20.1 Å². The fourth-order valence-corrected chi connectivity index (χ4v) is 2.29. The van der Waals surface area contributed by atoms with Crippen LogP contribution in [0.25, 0.3) is 10.9 Å². The summed E-state index contributed by atoms with van der Waals surface area (Å²) in [6, 6.07) is 4.72. The van der Waals surface area contributed by atoms with Gasteiger partial charge in [0.25, 0.3) is 0 Å². The number of benzene rings is 1. The molecule has 21 heavy (non-hydrogen) atoms. The lowest BCUT2D eigenvalue weighted by Crippen LogP contribution is -2.40. The first kappa shape index (κ1) is 14.9. The molecule has 0 aliphatic heterocycles. The second kappa shape index (κ2) is 6.30. The average molecular weight is 290 g/mol. The summed E-state index contributed by atoms with van der Waals surface area (Å²) in [6.45, 7) is 1.72. The van der Waals surface area contributed by atoms with Crippen LogP contribution in [0.1, 0.15) is 18.9 Å². The summed E-state index contributed by atoms with van der Waals surface area (Å²) in [5.74, 6) is -0.666. The number of amides is 1. The molecule has 1 amide bonds. The molecule has 0 radical (unpaired) electrons. The number of carboxylic acids is 1. The number of rotatable bonds is 6. The van der Waals surface area contributed by atoms with Gasteiger partial charge in [0, 0.05) is 17.1 Å². The van der Waals surface area contributed by atoms with Gasteiger partial charge in [0.05, 0.1) is 13.5 Å². The van der Waals surface area contributed by atoms with Gasteiger partial charge in [0.1, 0.15) is 11.8 Å². The minimum Gasteiger partial charge on any atom is -0.496 e. The largest absolute Gasteiger partial charge is 0.496 e. The van der Waals surface area contributed by atoms with E-state index in [1.165, 1.54) is 0 Å². The Kier molecular flexibility index (Phi) is 4.47. The molecule has 0 aliphatic carbocycles. The topological polar surface area (TPSA) is 91.4 Å². The van der Waals surface area contributed by atoms with Crippen LogP contribution in [0.15, 0.2) is 24.4 Å². The first-order chi connectivity index (χ1) is 10.1. The number of ether oxygens (including phenoxy) is 1. The van der Waals surface area contributed by atoms with Crippen LogP contribution in [0.3, 0.4) is 0 Å². The smallest absolute Gasteiger partial charge is 0.326 e. The van der Waals surface area contributed by atoms with Crippen molar-refractivity contribution in [3.63, 3.8) is 0 Å². The van der Waals surface area contributed by atoms with Crippen molar-refractivity contribution in [2.45, 2.75) is 25.8 Å². The van der Waals surface area contributed by atoms with E-state index < -0.39 is 12.0 Å². The lowest BCUT2D eigenvalue weighted by atomic mass is 10.1. The van der Waals surface area contributed by atoms with Crippen molar-refractivity contribution in [3.8, 4) is 5.75 Å². The van der Waals surface area contributed by atoms with Gasteiger partial charge in [-0.15, -0.1) is 0 Å². The SMILES string of the molecule is CCC(NC(=O)Cc1c[nH]c2cccc(OC)c12)C(=O)O. The molecule has 3 N–H and O–H groups in total. The van der Waals surface area contributed by atoms with Crippen LogP contribution in [-0.2, 0) is 16.0 Å². The Morgan fingerprint density at radius 2 is 2.19 bits per heavy atom. The van der Waals surface area contributed by atoms with E-state index >= 15 is 0 Å². The highest BCUT2D eigenvalue weighted by atomic mass is 16.5. The van der Waals surface area contributed by atoms with Crippen LogP contribution >= 0.6 is 0 Å². The maximum atomic E-state index is 12.0. The number of hydrogen-bond acceptors (Lipinski definition) is 3. The Bertz CT molecular complexity index is 663. The van der Waals surface area contributed by atoms with Crippen molar-refractivity contribution in [3.05, 3.63) is 30.0 Å². The number of carboxylic acid groups (broad SMARTS) is 1. The fraction of sp³-hybridized carbons (Fsp3) is 0.333. The molecule has 1 atom stereocenters. The predicted molar refractivity (Wildman–Crippen MR) is 78.4 cm³/mol. The van der Waals surface area contributed by atoms with Gasteiger partial charge in [0.2, 0.25) is 5.91 Å². The Labute approximate surface area is 122 Å². The summed E-state index contributed by atoms with van der Waals surface area (Å²) in [5.41, 5.74) is 1.66. The summed E-state index contributed by atoms with van der Waals surface area (Å²) < 4.78 is 5.30. The number of aromatic nitrogens is 1. The molecule has 0 fully saturated rings. The predicted octanol–water partition coefficient (Wildman–Crippen LogP) is 1.70. The number of H-pyrrole nitrogens is 1. The van der Waals surface area contributed by atoms with E-state index in [1.54, 1.807) is 20.2 Å². The Morgan fingerprint density at radius 3 is 2.81 bits per heavy atom. The van der Waals surface area contributed by atoms with Crippen molar-refractivity contribution in [1.82, 2.24) is 10.3 Å². The normalized spacial score (nSPS) is 12.1. The van der Waals surface area contributed by atoms with Gasteiger partial charge in [-0.25, -0.2) is 4.79 Å². The van der Waals surface area contributed by atoms with Gasteiger partial charge in [0.15, 0.2) is 0 Å². The molecule has 0 saturated carbocycles. The zero-order valence-electron chi connectivity index (χ0n) is 12.0. The van der Waals surface area contributed by atoms with Crippen LogP contribution < -0.4 is 10.1 Å². The standard InChI is InChI=1S/C15H18N2O4/c1-3-10(15(19)20)17-13(18)7-9-8-16-11-5-4-6-12(21-2)14(9)11/h4-6,8,10,16H,3,7H2,1-2H3,(H,17,18)(H,19,20). The van der Waals surface area contributed by atoms with Gasteiger partial charge in [-0.05, 0) is 24.1 Å². The maximum Gasteiger partial charge on any atom is 0.326 e. The molecule has 0 bridgehead atoms. The summed E-state index contributed by atoms with van der Waals surface area (Å²) in [7, 11) is 1.57. The number of carbonyl (C=O) groups is 2. The minimum atomic E-state index is -1.03. The number of carbonyl (C=O) groups excluding carboxylic acids is 1. The van der Waals surface area contributed by atoms with Crippen LogP contribution in [-0.4, -0.2) is 35.1 Å². The molecule has 0 aliphatic rings. The summed E-state index contributed by atoms with van der Waals surface area (Å²) in [6.07, 6.45) is 2.19. The Balaban J connectivity index is 2.20. The number of nitrogens with one attached hydrogen (secondary N) is 2. The summed E-state index contributed by atoms with van der Waals surface area (Å²) >= 11 is 0. The number of aromatic amines is 1. The molecular weight excluding hydrogens is 272 g/mol. The highest BCUT2D eigenvalue weighted by molar-refractivity contribution is 5.93. The van der Waals surface area contributed by atoms with E-state index in [1.807, 2.05) is 18.2 Å². The second-order valence-corrected chi connectivity index (χ2v) is 4.74. The summed E-state index contributed by atoms with van der Waals surface area (Å²) in [4.78, 5) is 26.0. The fourth-order valence-electron chi connectivity index (χ4n) is 2.29. The highest BCUT2D eigenvalue weighted by Crippen LogP contribution is 2.28. The van der Waals surface area contributed by atoms with E-state index in [0.29, 0.717) is 12.2 Å². The van der Waals surface area contributed by atoms with Crippen LogP contribution in [0, 0.1) is 0 Å². The number of methoxy groups -OCH3 is 1. The van der Waals surface area contributed by atoms with Crippen molar-refractivity contribution in [2.24, 2.45) is 0 Å². The number of hydrogen-bond donors (Lipinski definition) is 3. The Hall–Kier alpha value is -2.50.